The van der Waals surface area contributed by atoms with Gasteiger partial charge in [-0.15, -0.1) is 11.3 Å². The fraction of sp³-hybridized carbons (Fsp3) is 0.267. The third-order valence-corrected chi connectivity index (χ3v) is 5.10. The Morgan fingerprint density at radius 3 is 2.95 bits per heavy atom. The van der Waals surface area contributed by atoms with Crippen molar-refractivity contribution < 1.29 is 40.9 Å². The van der Waals surface area contributed by atoms with E-state index in [1.165, 1.54) is 27.3 Å². The SMILES string of the molecule is CN1CCc2c(Cl)ccc3sc(/C=C/C(=O)O)c(c23)C1.[H-].[Na+]. The first-order valence-electron chi connectivity index (χ1n) is 6.38. The van der Waals surface area contributed by atoms with Gasteiger partial charge in [0.05, 0.1) is 0 Å². The number of carbonyl (C=O) groups is 1. The Hall–Kier alpha value is -0.360. The van der Waals surface area contributed by atoms with Crippen LogP contribution in [0, 0.1) is 0 Å². The van der Waals surface area contributed by atoms with Crippen LogP contribution in [0.1, 0.15) is 17.4 Å². The third kappa shape index (κ3) is 3.36. The van der Waals surface area contributed by atoms with E-state index in [4.69, 9.17) is 16.7 Å². The van der Waals surface area contributed by atoms with Crippen LogP contribution in [0.15, 0.2) is 18.2 Å². The van der Waals surface area contributed by atoms with Crippen molar-refractivity contribution in [3.63, 3.8) is 0 Å². The molecule has 0 amide bonds. The Morgan fingerprint density at radius 1 is 1.48 bits per heavy atom. The number of carboxylic acids is 1. The first-order chi connectivity index (χ1) is 9.56. The zero-order chi connectivity index (χ0) is 14.3. The molecule has 2 aromatic rings. The summed E-state index contributed by atoms with van der Waals surface area (Å²) >= 11 is 7.97. The van der Waals surface area contributed by atoms with Crippen LogP contribution in [0.2, 0.25) is 5.02 Å². The smallest absolute Gasteiger partial charge is 1.00 e. The van der Waals surface area contributed by atoms with E-state index in [1.54, 1.807) is 17.4 Å². The van der Waals surface area contributed by atoms with E-state index in [0.29, 0.717) is 0 Å². The molecule has 6 heteroatoms. The van der Waals surface area contributed by atoms with Gasteiger partial charge in [-0.1, -0.05) is 11.6 Å². The van der Waals surface area contributed by atoms with Gasteiger partial charge in [0, 0.05) is 39.2 Å². The maximum atomic E-state index is 10.7. The summed E-state index contributed by atoms with van der Waals surface area (Å²) in [6.07, 6.45) is 3.82. The van der Waals surface area contributed by atoms with Crippen LogP contribution < -0.4 is 29.6 Å². The number of likely N-dealkylation sites (N-methyl/N-ethyl adjacent to an activating group) is 1. The summed E-state index contributed by atoms with van der Waals surface area (Å²) in [5.74, 6) is -0.921. The molecular formula is C15H15ClNNaO2S. The number of thiophene rings is 1. The molecule has 1 aromatic carbocycles. The van der Waals surface area contributed by atoms with Crippen LogP contribution in [-0.2, 0) is 17.8 Å². The molecule has 1 aliphatic rings. The van der Waals surface area contributed by atoms with E-state index in [9.17, 15) is 4.79 Å². The van der Waals surface area contributed by atoms with Crippen molar-refractivity contribution in [2.45, 2.75) is 13.0 Å². The maximum Gasteiger partial charge on any atom is 1.00 e. The molecule has 0 unspecified atom stereocenters. The summed E-state index contributed by atoms with van der Waals surface area (Å²) in [5, 5.41) is 10.8. The van der Waals surface area contributed by atoms with Gasteiger partial charge in [-0.25, -0.2) is 4.79 Å². The molecule has 0 saturated carbocycles. The van der Waals surface area contributed by atoms with E-state index in [0.717, 1.165) is 29.4 Å². The number of rotatable bonds is 2. The first-order valence-corrected chi connectivity index (χ1v) is 7.58. The van der Waals surface area contributed by atoms with Crippen molar-refractivity contribution in [2.24, 2.45) is 0 Å². The molecule has 21 heavy (non-hydrogen) atoms. The van der Waals surface area contributed by atoms with Crippen molar-refractivity contribution in [3.8, 4) is 0 Å². The number of nitrogens with zero attached hydrogens (tertiary/aromatic N) is 1. The summed E-state index contributed by atoms with van der Waals surface area (Å²) in [7, 11) is 2.08. The second-order valence-corrected chi connectivity index (χ2v) is 6.49. The number of hydrogen-bond donors (Lipinski definition) is 1. The van der Waals surface area contributed by atoms with Gasteiger partial charge in [0.1, 0.15) is 0 Å². The molecule has 0 aliphatic carbocycles. The molecule has 1 N–H and O–H groups in total. The Bertz CT molecular complexity index is 732. The summed E-state index contributed by atoms with van der Waals surface area (Å²) in [5.41, 5.74) is 2.38. The van der Waals surface area contributed by atoms with E-state index in [1.807, 2.05) is 12.1 Å². The topological polar surface area (TPSA) is 40.5 Å². The van der Waals surface area contributed by atoms with E-state index >= 15 is 0 Å². The summed E-state index contributed by atoms with van der Waals surface area (Å²) in [6, 6.07) is 3.97. The average molecular weight is 332 g/mol. The van der Waals surface area contributed by atoms with Crippen LogP contribution in [0.4, 0.5) is 0 Å². The Kier molecular flexibility index (Phi) is 5.52. The molecule has 0 atom stereocenters. The molecule has 3 nitrogen and oxygen atoms in total. The summed E-state index contributed by atoms with van der Waals surface area (Å²) in [4.78, 5) is 14.0. The van der Waals surface area contributed by atoms with Crippen molar-refractivity contribution >= 4 is 45.1 Å². The number of aliphatic carboxylic acids is 1. The van der Waals surface area contributed by atoms with Crippen molar-refractivity contribution in [2.75, 3.05) is 13.6 Å². The number of hydrogen-bond acceptors (Lipinski definition) is 3. The Labute approximate surface area is 156 Å². The quantitative estimate of drug-likeness (QED) is 0.652. The molecule has 3 rings (SSSR count). The zero-order valence-corrected chi connectivity index (χ0v) is 15.6. The van der Waals surface area contributed by atoms with E-state index in [2.05, 4.69) is 11.9 Å². The van der Waals surface area contributed by atoms with Crippen LogP contribution in [0.25, 0.3) is 16.2 Å². The molecule has 106 valence electrons. The maximum absolute atomic E-state index is 10.7. The minimum absolute atomic E-state index is 0. The van der Waals surface area contributed by atoms with E-state index < -0.39 is 5.97 Å². The molecule has 2 heterocycles. The first kappa shape index (κ1) is 17.0. The molecule has 0 saturated heterocycles. The molecule has 0 radical (unpaired) electrons. The van der Waals surface area contributed by atoms with E-state index in [-0.39, 0.29) is 31.0 Å². The average Bonchev–Trinajstić information content (AvgIpc) is 2.62. The molecule has 0 spiro atoms. The summed E-state index contributed by atoms with van der Waals surface area (Å²) < 4.78 is 1.18. The van der Waals surface area contributed by atoms with Crippen molar-refractivity contribution in [1.82, 2.24) is 4.90 Å². The fourth-order valence-corrected chi connectivity index (χ4v) is 4.05. The van der Waals surface area contributed by atoms with Gasteiger partial charge < -0.3 is 11.4 Å². The number of carboxylic acid groups (broad SMARTS) is 1. The van der Waals surface area contributed by atoms with Crippen LogP contribution in [0.5, 0.6) is 0 Å². The van der Waals surface area contributed by atoms with Crippen molar-refractivity contribution in [3.05, 3.63) is 39.2 Å². The van der Waals surface area contributed by atoms with Crippen LogP contribution in [-0.4, -0.2) is 29.6 Å². The summed E-state index contributed by atoms with van der Waals surface area (Å²) in [6.45, 7) is 1.78. The van der Waals surface area contributed by atoms with Crippen LogP contribution in [0.3, 0.4) is 0 Å². The van der Waals surface area contributed by atoms with Crippen molar-refractivity contribution in [1.29, 1.82) is 0 Å². The molecule has 1 aromatic heterocycles. The minimum atomic E-state index is -0.921. The molecule has 1 aliphatic heterocycles. The second kappa shape index (κ2) is 6.82. The Balaban J connectivity index is 0.00000121. The van der Waals surface area contributed by atoms with Gasteiger partial charge in [0.2, 0.25) is 0 Å². The van der Waals surface area contributed by atoms with Gasteiger partial charge in [-0.3, -0.25) is 0 Å². The molecular weight excluding hydrogens is 317 g/mol. The number of benzene rings is 1. The van der Waals surface area contributed by atoms with Gasteiger partial charge >= 0.3 is 35.5 Å². The molecule has 0 fully saturated rings. The van der Waals surface area contributed by atoms with Gasteiger partial charge in [0.15, 0.2) is 0 Å². The second-order valence-electron chi connectivity index (χ2n) is 5.00. The third-order valence-electron chi connectivity index (χ3n) is 3.59. The molecule has 0 bridgehead atoms. The van der Waals surface area contributed by atoms with Crippen LogP contribution >= 0.6 is 22.9 Å². The standard InChI is InChI=1S/C15H14ClNO2S.Na.H/c1-17-7-6-9-11(16)2-3-13-15(9)10(8-17)12(20-13)4-5-14(18)19;;/h2-5H,6-8H2,1H3,(H,18,19);;/q;+1;-1/b5-4+;;. The predicted molar refractivity (Wildman–Crippen MR) is 84.7 cm³/mol. The monoisotopic (exact) mass is 331 g/mol. The normalized spacial score (nSPS) is 15.1. The number of halogens is 1. The van der Waals surface area contributed by atoms with Gasteiger partial charge in [-0.05, 0) is 42.8 Å². The minimum Gasteiger partial charge on any atom is -1.00 e. The van der Waals surface area contributed by atoms with Gasteiger partial charge in [-0.2, -0.15) is 0 Å². The fourth-order valence-electron chi connectivity index (χ4n) is 2.65. The largest absolute Gasteiger partial charge is 1.00 e. The van der Waals surface area contributed by atoms with Gasteiger partial charge in [0.25, 0.3) is 0 Å². The Morgan fingerprint density at radius 2 is 2.24 bits per heavy atom. The predicted octanol–water partition coefficient (Wildman–Crippen LogP) is 0.757. The zero-order valence-electron chi connectivity index (χ0n) is 13.0.